The van der Waals surface area contributed by atoms with Gasteiger partial charge in [-0.3, -0.25) is 19.2 Å². The fourth-order valence-electron chi connectivity index (χ4n) is 3.84. The number of amides is 4. The van der Waals surface area contributed by atoms with Crippen molar-refractivity contribution in [2.75, 3.05) is 9.80 Å². The van der Waals surface area contributed by atoms with Gasteiger partial charge in [-0.2, -0.15) is 0 Å². The average molecular weight is 400 g/mol. The van der Waals surface area contributed by atoms with Crippen molar-refractivity contribution in [3.05, 3.63) is 70.8 Å². The standard InChI is InChI=1S/C24H20N2O4/c1-13-9-17(25-21(27)11-15(3)23(25)29)5-7-19(13)20-8-6-18(10-14(20)2)26-22(28)12-16(4)24(26)30/h5-12H,1-4H3. The molecule has 0 bridgehead atoms. The molecule has 2 aromatic carbocycles. The van der Waals surface area contributed by atoms with Gasteiger partial charge in [-0.15, -0.1) is 0 Å². The van der Waals surface area contributed by atoms with Crippen LogP contribution in [0.3, 0.4) is 0 Å². The summed E-state index contributed by atoms with van der Waals surface area (Å²) in [7, 11) is 0. The van der Waals surface area contributed by atoms with E-state index in [4.69, 9.17) is 0 Å². The van der Waals surface area contributed by atoms with Gasteiger partial charge in [0.2, 0.25) is 0 Å². The fourth-order valence-corrected chi connectivity index (χ4v) is 3.84. The zero-order chi connectivity index (χ0) is 21.7. The third-order valence-electron chi connectivity index (χ3n) is 5.43. The maximum absolute atomic E-state index is 12.2. The van der Waals surface area contributed by atoms with Crippen molar-refractivity contribution in [2.24, 2.45) is 0 Å². The number of hydrogen-bond acceptors (Lipinski definition) is 4. The summed E-state index contributed by atoms with van der Waals surface area (Å²) < 4.78 is 0. The molecule has 2 heterocycles. The average Bonchev–Trinajstić information content (AvgIpc) is 3.08. The van der Waals surface area contributed by atoms with Crippen molar-refractivity contribution in [2.45, 2.75) is 27.7 Å². The largest absolute Gasteiger partial charge is 0.269 e. The highest BCUT2D eigenvalue weighted by molar-refractivity contribution is 6.31. The molecule has 30 heavy (non-hydrogen) atoms. The molecule has 0 spiro atoms. The van der Waals surface area contributed by atoms with Crippen molar-refractivity contribution in [1.82, 2.24) is 0 Å². The maximum atomic E-state index is 12.2. The lowest BCUT2D eigenvalue weighted by Gasteiger charge is -2.19. The summed E-state index contributed by atoms with van der Waals surface area (Å²) in [5.41, 5.74) is 5.60. The molecule has 0 unspecified atom stereocenters. The summed E-state index contributed by atoms with van der Waals surface area (Å²) in [4.78, 5) is 51.1. The third kappa shape index (κ3) is 2.97. The van der Waals surface area contributed by atoms with Crippen molar-refractivity contribution >= 4 is 35.0 Å². The first-order valence-electron chi connectivity index (χ1n) is 9.54. The number of rotatable bonds is 3. The number of nitrogens with zero attached hydrogens (tertiary/aromatic N) is 2. The Morgan fingerprint density at radius 3 is 1.20 bits per heavy atom. The molecule has 0 fully saturated rings. The minimum atomic E-state index is -0.339. The van der Waals surface area contributed by atoms with Crippen molar-refractivity contribution in [1.29, 1.82) is 0 Å². The predicted octanol–water partition coefficient (Wildman–Crippen LogP) is 3.61. The number of carbonyl (C=O) groups is 4. The summed E-state index contributed by atoms with van der Waals surface area (Å²) in [6, 6.07) is 10.9. The zero-order valence-corrected chi connectivity index (χ0v) is 17.1. The van der Waals surface area contributed by atoms with E-state index in [0.29, 0.717) is 22.5 Å². The van der Waals surface area contributed by atoms with Crippen LogP contribution in [0.5, 0.6) is 0 Å². The molecule has 0 radical (unpaired) electrons. The first-order valence-corrected chi connectivity index (χ1v) is 9.54. The highest BCUT2D eigenvalue weighted by Crippen LogP contribution is 2.34. The van der Waals surface area contributed by atoms with Gasteiger partial charge in [0.05, 0.1) is 11.4 Å². The van der Waals surface area contributed by atoms with Crippen molar-refractivity contribution in [3.8, 4) is 11.1 Å². The minimum Gasteiger partial charge on any atom is -0.269 e. The second kappa shape index (κ2) is 6.91. The molecule has 2 aromatic rings. The Bertz CT molecular complexity index is 1120. The van der Waals surface area contributed by atoms with E-state index in [2.05, 4.69) is 0 Å². The van der Waals surface area contributed by atoms with E-state index < -0.39 is 0 Å². The lowest BCUT2D eigenvalue weighted by Crippen LogP contribution is -2.30. The first kappa shape index (κ1) is 19.5. The van der Waals surface area contributed by atoms with Crippen LogP contribution in [-0.2, 0) is 19.2 Å². The van der Waals surface area contributed by atoms with Gasteiger partial charge in [0.25, 0.3) is 23.6 Å². The molecular weight excluding hydrogens is 380 g/mol. The van der Waals surface area contributed by atoms with Gasteiger partial charge >= 0.3 is 0 Å². The van der Waals surface area contributed by atoms with E-state index in [1.165, 1.54) is 22.0 Å². The topological polar surface area (TPSA) is 74.8 Å². The molecule has 6 nitrogen and oxygen atoms in total. The molecule has 6 heteroatoms. The molecule has 0 aliphatic carbocycles. The first-order chi connectivity index (χ1) is 14.2. The van der Waals surface area contributed by atoms with Gasteiger partial charge in [0.15, 0.2) is 0 Å². The summed E-state index contributed by atoms with van der Waals surface area (Å²) in [6.07, 6.45) is 2.68. The Labute approximate surface area is 174 Å². The van der Waals surface area contributed by atoms with Crippen LogP contribution in [0.2, 0.25) is 0 Å². The van der Waals surface area contributed by atoms with Crippen molar-refractivity contribution in [3.63, 3.8) is 0 Å². The molecule has 0 N–H and O–H groups in total. The van der Waals surface area contributed by atoms with E-state index in [1.807, 2.05) is 38.1 Å². The van der Waals surface area contributed by atoms with E-state index in [0.717, 1.165) is 22.3 Å². The highest BCUT2D eigenvalue weighted by Gasteiger charge is 2.31. The number of imide groups is 2. The van der Waals surface area contributed by atoms with E-state index >= 15 is 0 Å². The molecule has 150 valence electrons. The molecule has 0 aromatic heterocycles. The van der Waals surface area contributed by atoms with Crippen LogP contribution in [0.1, 0.15) is 25.0 Å². The van der Waals surface area contributed by atoms with Crippen LogP contribution in [0.25, 0.3) is 11.1 Å². The van der Waals surface area contributed by atoms with Gasteiger partial charge in [0.1, 0.15) is 0 Å². The predicted molar refractivity (Wildman–Crippen MR) is 114 cm³/mol. The minimum absolute atomic E-state index is 0.309. The zero-order valence-electron chi connectivity index (χ0n) is 17.1. The summed E-state index contributed by atoms with van der Waals surface area (Å²) in [6.45, 7) is 7.08. The van der Waals surface area contributed by atoms with Gasteiger partial charge in [-0.25, -0.2) is 9.80 Å². The van der Waals surface area contributed by atoms with Crippen molar-refractivity contribution < 1.29 is 19.2 Å². The Hall–Kier alpha value is -3.80. The second-order valence-electron chi connectivity index (χ2n) is 7.61. The number of aryl methyl sites for hydroxylation is 2. The lowest BCUT2D eigenvalue weighted by molar-refractivity contribution is -0.121. The number of carbonyl (C=O) groups excluding carboxylic acids is 4. The van der Waals surface area contributed by atoms with E-state index in [9.17, 15) is 19.2 Å². The smallest absolute Gasteiger partial charge is 0.261 e. The SMILES string of the molecule is CC1=CC(=O)N(c2ccc(-c3ccc(N4C(=O)C=C(C)C4=O)cc3C)c(C)c2)C1=O. The molecule has 4 rings (SSSR count). The Balaban J connectivity index is 1.67. The van der Waals surface area contributed by atoms with Gasteiger partial charge in [0, 0.05) is 23.3 Å². The molecule has 4 amide bonds. The second-order valence-corrected chi connectivity index (χ2v) is 7.61. The number of benzene rings is 2. The maximum Gasteiger partial charge on any atom is 0.261 e. The van der Waals surface area contributed by atoms with Crippen LogP contribution in [0, 0.1) is 13.8 Å². The Kier molecular flexibility index (Phi) is 4.50. The lowest BCUT2D eigenvalue weighted by atomic mass is 9.95. The van der Waals surface area contributed by atoms with Gasteiger partial charge < -0.3 is 0 Å². The quantitative estimate of drug-likeness (QED) is 0.738. The monoisotopic (exact) mass is 400 g/mol. The molecule has 2 aliphatic rings. The highest BCUT2D eigenvalue weighted by atomic mass is 16.2. The van der Waals surface area contributed by atoms with Crippen LogP contribution in [0.4, 0.5) is 11.4 Å². The Morgan fingerprint density at radius 2 is 0.933 bits per heavy atom. The molecular formula is C24H20N2O4. The van der Waals surface area contributed by atoms with Crippen LogP contribution in [0.15, 0.2) is 59.7 Å². The molecule has 0 saturated carbocycles. The molecule has 2 aliphatic heterocycles. The van der Waals surface area contributed by atoms with E-state index in [-0.39, 0.29) is 23.6 Å². The number of hydrogen-bond donors (Lipinski definition) is 0. The van der Waals surface area contributed by atoms with Crippen LogP contribution in [-0.4, -0.2) is 23.6 Å². The van der Waals surface area contributed by atoms with Gasteiger partial charge in [-0.1, -0.05) is 12.1 Å². The fraction of sp³-hybridized carbons (Fsp3) is 0.167. The van der Waals surface area contributed by atoms with Gasteiger partial charge in [-0.05, 0) is 74.2 Å². The summed E-state index contributed by atoms with van der Waals surface area (Å²) in [5.74, 6) is -1.30. The number of anilines is 2. The van der Waals surface area contributed by atoms with Crippen LogP contribution < -0.4 is 9.80 Å². The summed E-state index contributed by atoms with van der Waals surface area (Å²) in [5, 5.41) is 0. The molecule has 0 atom stereocenters. The third-order valence-corrected chi connectivity index (χ3v) is 5.43. The normalized spacial score (nSPS) is 16.5. The molecule has 0 saturated heterocycles. The Morgan fingerprint density at radius 1 is 0.567 bits per heavy atom. The van der Waals surface area contributed by atoms with Crippen LogP contribution >= 0.6 is 0 Å². The summed E-state index contributed by atoms with van der Waals surface area (Å²) >= 11 is 0. The van der Waals surface area contributed by atoms with E-state index in [1.54, 1.807) is 26.0 Å².